The predicted molar refractivity (Wildman–Crippen MR) is 80.7 cm³/mol. The fraction of sp³-hybridized carbons (Fsp3) is 0.118. The average Bonchev–Trinajstić information content (AvgIpc) is 2.90. The van der Waals surface area contributed by atoms with Crippen LogP contribution in [-0.4, -0.2) is 21.1 Å². The van der Waals surface area contributed by atoms with Crippen molar-refractivity contribution in [3.05, 3.63) is 60.4 Å². The number of para-hydroxylation sites is 2. The first-order valence-electron chi connectivity index (χ1n) is 6.70. The minimum Gasteiger partial charge on any atom is -0.300 e. The molecule has 1 aromatic heterocycles. The first-order chi connectivity index (χ1) is 10.1. The van der Waals surface area contributed by atoms with E-state index in [1.807, 2.05) is 41.0 Å². The van der Waals surface area contributed by atoms with E-state index in [0.717, 1.165) is 16.7 Å². The largest absolute Gasteiger partial charge is 0.300 e. The molecule has 0 amide bonds. The Kier molecular flexibility index (Phi) is 3.36. The van der Waals surface area contributed by atoms with Crippen molar-refractivity contribution in [2.45, 2.75) is 13.3 Å². The van der Waals surface area contributed by atoms with Crippen LogP contribution in [0, 0.1) is 0 Å². The molecule has 0 radical (unpaired) electrons. The summed E-state index contributed by atoms with van der Waals surface area (Å²) in [4.78, 5) is 27.4. The molecule has 0 unspecified atom stereocenters. The number of fused-ring (bicyclic) bond motifs is 1. The van der Waals surface area contributed by atoms with Crippen LogP contribution in [0.3, 0.4) is 0 Å². The Morgan fingerprint density at radius 1 is 1.10 bits per heavy atom. The molecule has 0 N–H and O–H groups in total. The highest BCUT2D eigenvalue weighted by atomic mass is 16.1. The van der Waals surface area contributed by atoms with Gasteiger partial charge in [0.1, 0.15) is 12.1 Å². The molecule has 3 rings (SSSR count). The number of benzene rings is 2. The molecule has 3 aromatic rings. The third kappa shape index (κ3) is 2.60. The maximum absolute atomic E-state index is 12.0. The van der Waals surface area contributed by atoms with E-state index in [0.29, 0.717) is 5.56 Å². The Hall–Kier alpha value is -2.75. The Balaban J connectivity index is 2.03. The SMILES string of the molecule is CC(=O)CC(=O)c1cccc(-n2cnc3ccccc32)c1. The zero-order chi connectivity index (χ0) is 14.8. The summed E-state index contributed by atoms with van der Waals surface area (Å²) in [5, 5.41) is 0. The maximum Gasteiger partial charge on any atom is 0.170 e. The molecule has 104 valence electrons. The number of nitrogens with zero attached hydrogens (tertiary/aromatic N) is 2. The summed E-state index contributed by atoms with van der Waals surface area (Å²) in [6.07, 6.45) is 1.67. The minimum absolute atomic E-state index is 0.0614. The number of rotatable bonds is 4. The second-order valence-corrected chi connectivity index (χ2v) is 4.96. The Morgan fingerprint density at radius 3 is 2.71 bits per heavy atom. The molecule has 0 saturated heterocycles. The molecule has 0 atom stereocenters. The van der Waals surface area contributed by atoms with E-state index < -0.39 is 0 Å². The lowest BCUT2D eigenvalue weighted by Gasteiger charge is -2.06. The number of aromatic nitrogens is 2. The molecule has 0 fully saturated rings. The molecule has 4 heteroatoms. The van der Waals surface area contributed by atoms with Gasteiger partial charge in [-0.3, -0.25) is 14.2 Å². The quantitative estimate of drug-likeness (QED) is 0.544. The highest BCUT2D eigenvalue weighted by Crippen LogP contribution is 2.19. The van der Waals surface area contributed by atoms with E-state index in [2.05, 4.69) is 4.98 Å². The third-order valence-corrected chi connectivity index (χ3v) is 3.31. The van der Waals surface area contributed by atoms with E-state index >= 15 is 0 Å². The number of carbonyl (C=O) groups excluding carboxylic acids is 2. The van der Waals surface area contributed by atoms with Gasteiger partial charge in [0.25, 0.3) is 0 Å². The van der Waals surface area contributed by atoms with Gasteiger partial charge in [-0.2, -0.15) is 0 Å². The van der Waals surface area contributed by atoms with Crippen molar-refractivity contribution >= 4 is 22.6 Å². The summed E-state index contributed by atoms with van der Waals surface area (Å²) in [7, 11) is 0. The number of hydrogen-bond acceptors (Lipinski definition) is 3. The van der Waals surface area contributed by atoms with Crippen LogP contribution in [0.25, 0.3) is 16.7 Å². The van der Waals surface area contributed by atoms with Crippen LogP contribution in [0.15, 0.2) is 54.9 Å². The molecule has 0 aliphatic heterocycles. The van der Waals surface area contributed by atoms with Crippen molar-refractivity contribution in [3.63, 3.8) is 0 Å². The van der Waals surface area contributed by atoms with Gasteiger partial charge in [-0.15, -0.1) is 0 Å². The molecule has 0 spiro atoms. The van der Waals surface area contributed by atoms with Crippen molar-refractivity contribution in [3.8, 4) is 5.69 Å². The molecule has 2 aromatic carbocycles. The van der Waals surface area contributed by atoms with Gasteiger partial charge in [0.05, 0.1) is 17.5 Å². The predicted octanol–water partition coefficient (Wildman–Crippen LogP) is 3.19. The van der Waals surface area contributed by atoms with Gasteiger partial charge in [0, 0.05) is 11.3 Å². The van der Waals surface area contributed by atoms with Crippen molar-refractivity contribution in [1.29, 1.82) is 0 Å². The van der Waals surface area contributed by atoms with Crippen LogP contribution in [0.1, 0.15) is 23.7 Å². The Morgan fingerprint density at radius 2 is 1.90 bits per heavy atom. The number of Topliss-reactive ketones (excluding diaryl/α,β-unsaturated/α-hetero) is 2. The Labute approximate surface area is 122 Å². The molecule has 1 heterocycles. The summed E-state index contributed by atoms with van der Waals surface area (Å²) in [6.45, 7) is 1.42. The summed E-state index contributed by atoms with van der Waals surface area (Å²) in [6, 6.07) is 15.1. The lowest BCUT2D eigenvalue weighted by Crippen LogP contribution is -2.05. The summed E-state index contributed by atoms with van der Waals surface area (Å²) >= 11 is 0. The molecule has 0 aliphatic carbocycles. The smallest absolute Gasteiger partial charge is 0.170 e. The second-order valence-electron chi connectivity index (χ2n) is 4.96. The molecule has 0 aliphatic rings. The van der Waals surface area contributed by atoms with Crippen molar-refractivity contribution in [2.75, 3.05) is 0 Å². The lowest BCUT2D eigenvalue weighted by molar-refractivity contribution is -0.116. The third-order valence-electron chi connectivity index (χ3n) is 3.31. The lowest BCUT2D eigenvalue weighted by atomic mass is 10.1. The summed E-state index contributed by atoms with van der Waals surface area (Å²) < 4.78 is 1.93. The van der Waals surface area contributed by atoms with Crippen LogP contribution in [0.2, 0.25) is 0 Å². The van der Waals surface area contributed by atoms with E-state index in [-0.39, 0.29) is 18.0 Å². The van der Waals surface area contributed by atoms with Crippen LogP contribution >= 0.6 is 0 Å². The van der Waals surface area contributed by atoms with Crippen molar-refractivity contribution in [2.24, 2.45) is 0 Å². The highest BCUT2D eigenvalue weighted by Gasteiger charge is 2.10. The van der Waals surface area contributed by atoms with Crippen LogP contribution in [0.4, 0.5) is 0 Å². The van der Waals surface area contributed by atoms with Gasteiger partial charge in [-0.25, -0.2) is 4.98 Å². The zero-order valence-corrected chi connectivity index (χ0v) is 11.6. The highest BCUT2D eigenvalue weighted by molar-refractivity contribution is 6.07. The van der Waals surface area contributed by atoms with Gasteiger partial charge in [0.2, 0.25) is 0 Å². The van der Waals surface area contributed by atoms with E-state index in [1.54, 1.807) is 18.5 Å². The summed E-state index contributed by atoms with van der Waals surface area (Å²) in [5.41, 5.74) is 3.28. The number of carbonyl (C=O) groups is 2. The first kappa shape index (κ1) is 13.2. The van der Waals surface area contributed by atoms with Crippen LogP contribution in [0.5, 0.6) is 0 Å². The van der Waals surface area contributed by atoms with Gasteiger partial charge >= 0.3 is 0 Å². The molecular formula is C17H14N2O2. The average molecular weight is 278 g/mol. The normalized spacial score (nSPS) is 10.7. The van der Waals surface area contributed by atoms with Gasteiger partial charge in [-0.05, 0) is 31.2 Å². The van der Waals surface area contributed by atoms with E-state index in [1.165, 1.54) is 6.92 Å². The number of ketones is 2. The van der Waals surface area contributed by atoms with Crippen molar-refractivity contribution in [1.82, 2.24) is 9.55 Å². The molecule has 0 bridgehead atoms. The second kappa shape index (κ2) is 5.32. The molecular weight excluding hydrogens is 264 g/mol. The minimum atomic E-state index is -0.159. The first-order valence-corrected chi connectivity index (χ1v) is 6.70. The van der Waals surface area contributed by atoms with Crippen LogP contribution in [-0.2, 0) is 4.79 Å². The number of imidazole rings is 1. The van der Waals surface area contributed by atoms with Gasteiger partial charge < -0.3 is 0 Å². The summed E-state index contributed by atoms with van der Waals surface area (Å²) in [5.74, 6) is -0.285. The maximum atomic E-state index is 12.0. The molecule has 0 saturated carbocycles. The standard InChI is InChI=1S/C17H14N2O2/c1-12(20)9-17(21)13-5-4-6-14(10-13)19-11-18-15-7-2-3-8-16(15)19/h2-8,10-11H,9H2,1H3. The topological polar surface area (TPSA) is 52.0 Å². The zero-order valence-electron chi connectivity index (χ0n) is 11.6. The van der Waals surface area contributed by atoms with E-state index in [9.17, 15) is 9.59 Å². The van der Waals surface area contributed by atoms with Crippen LogP contribution < -0.4 is 0 Å². The monoisotopic (exact) mass is 278 g/mol. The fourth-order valence-corrected chi connectivity index (χ4v) is 2.32. The number of hydrogen-bond donors (Lipinski definition) is 0. The van der Waals surface area contributed by atoms with Gasteiger partial charge in [0.15, 0.2) is 5.78 Å². The molecule has 21 heavy (non-hydrogen) atoms. The Bertz CT molecular complexity index is 833. The molecule has 4 nitrogen and oxygen atoms in total. The van der Waals surface area contributed by atoms with Gasteiger partial charge in [-0.1, -0.05) is 24.3 Å². The van der Waals surface area contributed by atoms with E-state index in [4.69, 9.17) is 0 Å². The fourth-order valence-electron chi connectivity index (χ4n) is 2.32. The van der Waals surface area contributed by atoms with Crippen molar-refractivity contribution < 1.29 is 9.59 Å².